The molecule has 0 aliphatic carbocycles. The van der Waals surface area contributed by atoms with E-state index in [2.05, 4.69) is 24.3 Å². The Hall–Kier alpha value is -1.93. The zero-order chi connectivity index (χ0) is 23.0. The van der Waals surface area contributed by atoms with Crippen molar-refractivity contribution in [2.24, 2.45) is 0 Å². The van der Waals surface area contributed by atoms with Crippen molar-refractivity contribution >= 4 is 53.6 Å². The largest absolute Gasteiger partial charge is 0.382 e. The van der Waals surface area contributed by atoms with Crippen LogP contribution in [0.3, 0.4) is 0 Å². The number of rotatable bonds is 11. The van der Waals surface area contributed by atoms with Crippen LogP contribution in [0.4, 0.5) is 15.3 Å². The Morgan fingerprint density at radius 3 is 2.81 bits per heavy atom. The lowest BCUT2D eigenvalue weighted by Crippen LogP contribution is -2.25. The number of hydrogen-bond acceptors (Lipinski definition) is 6. The first-order valence-corrected chi connectivity index (χ1v) is 12.5. The Balaban J connectivity index is 2.19. The third-order valence-corrected chi connectivity index (χ3v) is 6.97. The number of carbonyl (C=O) groups excluding carboxylic acids is 1. The first kappa shape index (κ1) is 25.3. The summed E-state index contributed by atoms with van der Waals surface area (Å²) in [4.78, 5) is 17.3. The van der Waals surface area contributed by atoms with Gasteiger partial charge in [0, 0.05) is 12.2 Å². The minimum absolute atomic E-state index is 0.0329. The second-order valence-electron chi connectivity index (χ2n) is 6.72. The number of ketones is 1. The number of halogens is 1. The average Bonchev–Trinajstić information content (AvgIpc) is 3.09. The smallest absolute Gasteiger partial charge is 0.210 e. The van der Waals surface area contributed by atoms with Crippen LogP contribution in [0.1, 0.15) is 48.8 Å². The number of carbonyl (C=O) groups is 1. The Morgan fingerprint density at radius 2 is 2.16 bits per heavy atom. The van der Waals surface area contributed by atoms with Crippen molar-refractivity contribution in [2.45, 2.75) is 38.9 Å². The SMILES string of the molecule is CC/C=C(\C=C/C(C)S(=O)NCCC)Nc1nc(N)c(C(=O)c2c(F)cccc2P)s1. The van der Waals surface area contributed by atoms with Gasteiger partial charge in [-0.2, -0.15) is 0 Å². The number of benzene rings is 1. The van der Waals surface area contributed by atoms with Crippen LogP contribution in [-0.2, 0) is 11.0 Å². The number of nitrogens with two attached hydrogens (primary N) is 1. The van der Waals surface area contributed by atoms with Gasteiger partial charge in [-0.15, -0.1) is 9.24 Å². The van der Waals surface area contributed by atoms with Gasteiger partial charge in [-0.05, 0) is 37.2 Å². The van der Waals surface area contributed by atoms with Crippen LogP contribution in [0.25, 0.3) is 0 Å². The molecule has 0 spiro atoms. The van der Waals surface area contributed by atoms with Gasteiger partial charge in [0.1, 0.15) is 16.5 Å². The maximum Gasteiger partial charge on any atom is 0.210 e. The first-order valence-electron chi connectivity index (χ1n) is 9.92. The summed E-state index contributed by atoms with van der Waals surface area (Å²) >= 11 is 1.07. The van der Waals surface area contributed by atoms with Gasteiger partial charge in [0.05, 0.1) is 21.8 Å². The molecule has 4 N–H and O–H groups in total. The summed E-state index contributed by atoms with van der Waals surface area (Å²) in [7, 11) is 1.19. The average molecular weight is 483 g/mol. The van der Waals surface area contributed by atoms with Crippen molar-refractivity contribution in [3.63, 3.8) is 0 Å². The van der Waals surface area contributed by atoms with E-state index in [9.17, 15) is 13.4 Å². The highest BCUT2D eigenvalue weighted by Crippen LogP contribution is 2.29. The van der Waals surface area contributed by atoms with E-state index >= 15 is 0 Å². The molecule has 0 aliphatic rings. The zero-order valence-electron chi connectivity index (χ0n) is 17.8. The van der Waals surface area contributed by atoms with Gasteiger partial charge in [0.2, 0.25) is 5.78 Å². The van der Waals surface area contributed by atoms with Crippen LogP contribution < -0.4 is 21.1 Å². The highest BCUT2D eigenvalue weighted by Gasteiger charge is 2.22. The number of allylic oxidation sites excluding steroid dienone is 2. The van der Waals surface area contributed by atoms with E-state index in [0.29, 0.717) is 17.0 Å². The van der Waals surface area contributed by atoms with Gasteiger partial charge in [-0.3, -0.25) is 4.79 Å². The second-order valence-corrected chi connectivity index (χ2v) is 9.96. The number of anilines is 2. The van der Waals surface area contributed by atoms with Gasteiger partial charge in [-0.1, -0.05) is 49.5 Å². The van der Waals surface area contributed by atoms with E-state index in [1.807, 2.05) is 39.0 Å². The van der Waals surface area contributed by atoms with Crippen LogP contribution in [0.5, 0.6) is 0 Å². The van der Waals surface area contributed by atoms with Crippen molar-refractivity contribution in [1.29, 1.82) is 0 Å². The van der Waals surface area contributed by atoms with Gasteiger partial charge in [0.15, 0.2) is 5.13 Å². The molecular weight excluding hydrogens is 454 g/mol. The topological polar surface area (TPSA) is 97.1 Å². The van der Waals surface area contributed by atoms with Crippen molar-refractivity contribution < 1.29 is 13.4 Å². The number of thiazole rings is 1. The molecule has 0 fully saturated rings. The molecule has 1 heterocycles. The van der Waals surface area contributed by atoms with E-state index in [1.165, 1.54) is 12.1 Å². The van der Waals surface area contributed by atoms with E-state index in [-0.39, 0.29) is 21.5 Å². The van der Waals surface area contributed by atoms with Gasteiger partial charge in [0.25, 0.3) is 0 Å². The summed E-state index contributed by atoms with van der Waals surface area (Å²) in [5.41, 5.74) is 6.67. The number of nitrogens with one attached hydrogen (secondary N) is 2. The molecule has 31 heavy (non-hydrogen) atoms. The Labute approximate surface area is 191 Å². The summed E-state index contributed by atoms with van der Waals surface area (Å²) in [5.74, 6) is -1.06. The van der Waals surface area contributed by atoms with Gasteiger partial charge >= 0.3 is 0 Å². The molecule has 0 aliphatic heterocycles. The molecule has 2 rings (SSSR count). The summed E-state index contributed by atoms with van der Waals surface area (Å²) in [5, 5.41) is 3.84. The Morgan fingerprint density at radius 1 is 1.42 bits per heavy atom. The molecule has 168 valence electrons. The lowest BCUT2D eigenvalue weighted by molar-refractivity contribution is 0.104. The first-order chi connectivity index (χ1) is 14.8. The molecule has 2 aromatic rings. The Kier molecular flexibility index (Phi) is 9.96. The molecule has 0 saturated carbocycles. The molecule has 0 bridgehead atoms. The number of aromatic nitrogens is 1. The standard InChI is InChI=1S/C21H28FN4O2PS2/c1-4-7-14(11-10-13(3)31(28)24-12-5-2)25-21-26-20(23)19(30-21)18(27)17-15(22)8-6-9-16(17)29/h6-11,13,24H,4-5,12,23,29H2,1-3H3,(H,25,26)/b11-10-,14-7+. The number of hydrogen-bond donors (Lipinski definition) is 3. The van der Waals surface area contributed by atoms with Crippen LogP contribution in [-0.4, -0.2) is 26.8 Å². The van der Waals surface area contributed by atoms with Gasteiger partial charge < -0.3 is 11.1 Å². The van der Waals surface area contributed by atoms with Crippen molar-refractivity contribution in [2.75, 3.05) is 17.6 Å². The van der Waals surface area contributed by atoms with Crippen LogP contribution in [0.15, 0.2) is 42.1 Å². The van der Waals surface area contributed by atoms with E-state index in [1.54, 1.807) is 6.07 Å². The summed E-state index contributed by atoms with van der Waals surface area (Å²) in [6.07, 6.45) is 7.29. The molecule has 1 aromatic heterocycles. The number of nitrogen functional groups attached to an aromatic ring is 1. The molecule has 0 amide bonds. The highest BCUT2D eigenvalue weighted by atomic mass is 32.2. The van der Waals surface area contributed by atoms with Crippen LogP contribution >= 0.6 is 20.6 Å². The maximum atomic E-state index is 14.2. The molecule has 0 radical (unpaired) electrons. The Bertz CT molecular complexity index is 987. The molecule has 3 unspecified atom stereocenters. The third-order valence-electron chi connectivity index (χ3n) is 4.19. The van der Waals surface area contributed by atoms with E-state index in [4.69, 9.17) is 5.73 Å². The number of nitrogens with zero attached hydrogens (tertiary/aromatic N) is 1. The van der Waals surface area contributed by atoms with Gasteiger partial charge in [-0.25, -0.2) is 18.3 Å². The summed E-state index contributed by atoms with van der Waals surface area (Å²) in [6.45, 7) is 6.56. The normalized spacial score (nSPS) is 14.0. The molecular formula is C21H28FN4O2PS2. The zero-order valence-corrected chi connectivity index (χ0v) is 20.6. The minimum atomic E-state index is -1.17. The molecule has 3 atom stereocenters. The van der Waals surface area contributed by atoms with Crippen molar-refractivity contribution in [3.8, 4) is 0 Å². The van der Waals surface area contributed by atoms with Crippen molar-refractivity contribution in [3.05, 3.63) is 58.4 Å². The van der Waals surface area contributed by atoms with E-state index < -0.39 is 22.6 Å². The lowest BCUT2D eigenvalue weighted by Gasteiger charge is -2.08. The minimum Gasteiger partial charge on any atom is -0.382 e. The summed E-state index contributed by atoms with van der Waals surface area (Å²) < 4.78 is 29.3. The quantitative estimate of drug-likeness (QED) is 0.256. The third kappa shape index (κ3) is 7.04. The second kappa shape index (κ2) is 12.2. The molecule has 10 heteroatoms. The fourth-order valence-corrected chi connectivity index (χ4v) is 4.71. The summed E-state index contributed by atoms with van der Waals surface area (Å²) in [6, 6.07) is 4.42. The van der Waals surface area contributed by atoms with Crippen LogP contribution in [0, 0.1) is 5.82 Å². The monoisotopic (exact) mass is 482 g/mol. The van der Waals surface area contributed by atoms with Crippen LogP contribution in [0.2, 0.25) is 0 Å². The molecule has 6 nitrogen and oxygen atoms in total. The van der Waals surface area contributed by atoms with E-state index in [0.717, 1.165) is 29.9 Å². The fourth-order valence-electron chi connectivity index (χ4n) is 2.59. The highest BCUT2D eigenvalue weighted by molar-refractivity contribution is 7.83. The lowest BCUT2D eigenvalue weighted by atomic mass is 10.1. The maximum absolute atomic E-state index is 14.2. The molecule has 0 saturated heterocycles. The molecule has 1 aromatic carbocycles. The predicted molar refractivity (Wildman–Crippen MR) is 133 cm³/mol. The predicted octanol–water partition coefficient (Wildman–Crippen LogP) is 3.91. The van der Waals surface area contributed by atoms with Crippen molar-refractivity contribution in [1.82, 2.24) is 9.71 Å². The fraction of sp³-hybridized carbons (Fsp3) is 0.333.